The molecule has 2 aliphatic heterocycles. The molecule has 1 atom stereocenters. The van der Waals surface area contributed by atoms with Gasteiger partial charge >= 0.3 is 0 Å². The number of likely N-dealkylation sites (N-methyl/N-ethyl adjacent to an activating group) is 1. The first kappa shape index (κ1) is 23.1. The van der Waals surface area contributed by atoms with E-state index in [1.807, 2.05) is 42.5 Å². The number of hydrogen-bond donors (Lipinski definition) is 0. The smallest absolute Gasteiger partial charge is 0.270 e. The summed E-state index contributed by atoms with van der Waals surface area (Å²) >= 11 is 7.42. The Kier molecular flexibility index (Phi) is 6.74. The van der Waals surface area contributed by atoms with Crippen molar-refractivity contribution in [3.63, 3.8) is 0 Å². The summed E-state index contributed by atoms with van der Waals surface area (Å²) in [6.45, 7) is 3.47. The second-order valence-corrected chi connectivity index (χ2v) is 9.85. The third-order valence-electron chi connectivity index (χ3n) is 6.03. The van der Waals surface area contributed by atoms with E-state index >= 15 is 0 Å². The van der Waals surface area contributed by atoms with E-state index < -0.39 is 0 Å². The van der Waals surface area contributed by atoms with Gasteiger partial charge in [-0.2, -0.15) is 0 Å². The van der Waals surface area contributed by atoms with Crippen molar-refractivity contribution >= 4 is 34.5 Å². The van der Waals surface area contributed by atoms with E-state index in [1.165, 1.54) is 11.3 Å². The van der Waals surface area contributed by atoms with Crippen LogP contribution >= 0.6 is 22.9 Å². The predicted molar refractivity (Wildman–Crippen MR) is 134 cm³/mol. The number of methoxy groups -OCH3 is 1. The number of amides is 1. The minimum atomic E-state index is -0.0478. The molecule has 3 heterocycles. The van der Waals surface area contributed by atoms with Crippen molar-refractivity contribution in [1.29, 1.82) is 0 Å². The molecule has 3 aromatic rings. The molecule has 1 fully saturated rings. The van der Waals surface area contributed by atoms with E-state index in [1.54, 1.807) is 12.0 Å². The summed E-state index contributed by atoms with van der Waals surface area (Å²) in [5.41, 5.74) is 2.58. The Morgan fingerprint density at radius 2 is 2.00 bits per heavy atom. The van der Waals surface area contributed by atoms with Crippen LogP contribution in [0.5, 0.6) is 11.5 Å². The lowest BCUT2D eigenvalue weighted by atomic mass is 10.1. The zero-order chi connectivity index (χ0) is 23.7. The number of carbonyl (C=O) groups is 1. The third-order valence-corrected chi connectivity index (χ3v) is 7.41. The summed E-state index contributed by atoms with van der Waals surface area (Å²) in [4.78, 5) is 22.7. The molecule has 1 unspecified atom stereocenters. The highest BCUT2D eigenvalue weighted by molar-refractivity contribution is 7.17. The lowest BCUT2D eigenvalue weighted by Crippen LogP contribution is -2.42. The van der Waals surface area contributed by atoms with Crippen molar-refractivity contribution in [2.45, 2.75) is 12.5 Å². The molecule has 1 amide bonds. The molecule has 1 saturated heterocycles. The normalized spacial score (nSPS) is 18.6. The lowest BCUT2D eigenvalue weighted by molar-refractivity contribution is -0.0406. The average molecular weight is 500 g/mol. The van der Waals surface area contributed by atoms with Crippen molar-refractivity contribution in [2.24, 2.45) is 0 Å². The Morgan fingerprint density at radius 1 is 1.18 bits per heavy atom. The highest BCUT2D eigenvalue weighted by Gasteiger charge is 2.30. The minimum absolute atomic E-state index is 0.0198. The molecule has 0 radical (unpaired) electrons. The standard InChI is InChI=1S/C25H26ClN3O4S/c1-28-11-12-32-19(14-28)15-33-21-8-7-18(13-22(21)31-2)29-10-9-20-23(25(29)30)34-24(27-20)16-3-5-17(26)6-4-16/h3-8,13,19H,9-12,14-15H2,1-2H3. The average Bonchev–Trinajstić information content (AvgIpc) is 3.29. The van der Waals surface area contributed by atoms with Gasteiger partial charge in [0.25, 0.3) is 5.91 Å². The van der Waals surface area contributed by atoms with Crippen LogP contribution in [0.25, 0.3) is 10.6 Å². The number of morpholine rings is 1. The van der Waals surface area contributed by atoms with Crippen LogP contribution in [0.3, 0.4) is 0 Å². The SMILES string of the molecule is COc1cc(N2CCc3nc(-c4ccc(Cl)cc4)sc3C2=O)ccc1OCC1CN(C)CCO1. The van der Waals surface area contributed by atoms with Gasteiger partial charge < -0.3 is 24.0 Å². The van der Waals surface area contributed by atoms with Crippen LogP contribution < -0.4 is 14.4 Å². The van der Waals surface area contributed by atoms with Gasteiger partial charge in [-0.1, -0.05) is 23.7 Å². The summed E-state index contributed by atoms with van der Waals surface area (Å²) in [6.07, 6.45) is 0.713. The number of aromatic nitrogens is 1. The van der Waals surface area contributed by atoms with Crippen molar-refractivity contribution in [1.82, 2.24) is 9.88 Å². The predicted octanol–water partition coefficient (Wildman–Crippen LogP) is 4.38. The summed E-state index contributed by atoms with van der Waals surface area (Å²) in [5, 5.41) is 1.50. The molecule has 9 heteroatoms. The van der Waals surface area contributed by atoms with Gasteiger partial charge in [0.15, 0.2) is 11.5 Å². The largest absolute Gasteiger partial charge is 0.493 e. The second kappa shape index (κ2) is 9.92. The fourth-order valence-electron chi connectivity index (χ4n) is 4.19. The summed E-state index contributed by atoms with van der Waals surface area (Å²) in [6, 6.07) is 13.1. The monoisotopic (exact) mass is 499 g/mol. The fraction of sp³-hybridized carbons (Fsp3) is 0.360. The molecular formula is C25H26ClN3O4S. The van der Waals surface area contributed by atoms with Crippen molar-refractivity contribution in [2.75, 3.05) is 51.9 Å². The number of nitrogens with zero attached hydrogens (tertiary/aromatic N) is 3. The molecule has 1 aromatic heterocycles. The minimum Gasteiger partial charge on any atom is -0.493 e. The number of carbonyl (C=O) groups excluding carboxylic acids is 1. The Hall–Kier alpha value is -2.65. The molecule has 5 rings (SSSR count). The first-order valence-corrected chi connectivity index (χ1v) is 12.4. The maximum absolute atomic E-state index is 13.3. The van der Waals surface area contributed by atoms with Crippen LogP contribution in [0.1, 0.15) is 15.4 Å². The molecule has 34 heavy (non-hydrogen) atoms. The maximum atomic E-state index is 13.3. The van der Waals surface area contributed by atoms with E-state index in [9.17, 15) is 4.79 Å². The number of anilines is 1. The molecule has 0 saturated carbocycles. The quantitative estimate of drug-likeness (QED) is 0.501. The number of halogens is 1. The molecular weight excluding hydrogens is 474 g/mol. The molecule has 0 bridgehead atoms. The van der Waals surface area contributed by atoms with Crippen LogP contribution in [0.4, 0.5) is 5.69 Å². The van der Waals surface area contributed by atoms with Crippen LogP contribution in [0.2, 0.25) is 5.02 Å². The zero-order valence-electron chi connectivity index (χ0n) is 19.1. The van der Waals surface area contributed by atoms with E-state index in [4.69, 9.17) is 30.8 Å². The van der Waals surface area contributed by atoms with Gasteiger partial charge in [0, 0.05) is 48.4 Å². The fourth-order valence-corrected chi connectivity index (χ4v) is 5.38. The topological polar surface area (TPSA) is 64.1 Å². The van der Waals surface area contributed by atoms with Gasteiger partial charge in [0.05, 0.1) is 19.4 Å². The van der Waals surface area contributed by atoms with Crippen molar-refractivity contribution < 1.29 is 19.0 Å². The maximum Gasteiger partial charge on any atom is 0.270 e. The van der Waals surface area contributed by atoms with E-state index in [2.05, 4.69) is 11.9 Å². The van der Waals surface area contributed by atoms with Crippen LogP contribution in [0, 0.1) is 0 Å². The van der Waals surface area contributed by atoms with Gasteiger partial charge in [-0.25, -0.2) is 4.98 Å². The van der Waals surface area contributed by atoms with Crippen LogP contribution in [0.15, 0.2) is 42.5 Å². The van der Waals surface area contributed by atoms with Crippen LogP contribution in [-0.4, -0.2) is 68.9 Å². The number of fused-ring (bicyclic) bond motifs is 1. The molecule has 2 aliphatic rings. The number of thiazole rings is 1. The van der Waals surface area contributed by atoms with Gasteiger partial charge in [0.2, 0.25) is 0 Å². The Morgan fingerprint density at radius 3 is 2.76 bits per heavy atom. The van der Waals surface area contributed by atoms with Gasteiger partial charge in [-0.15, -0.1) is 11.3 Å². The molecule has 7 nitrogen and oxygen atoms in total. The molecule has 2 aromatic carbocycles. The summed E-state index contributed by atoms with van der Waals surface area (Å²) < 4.78 is 17.4. The molecule has 0 N–H and O–H groups in total. The highest BCUT2D eigenvalue weighted by atomic mass is 35.5. The number of benzene rings is 2. The van der Waals surface area contributed by atoms with E-state index in [0.29, 0.717) is 47.6 Å². The first-order valence-electron chi connectivity index (χ1n) is 11.2. The summed E-state index contributed by atoms with van der Waals surface area (Å²) in [5.74, 6) is 1.18. The van der Waals surface area contributed by atoms with Gasteiger partial charge in [-0.3, -0.25) is 4.79 Å². The Balaban J connectivity index is 1.32. The van der Waals surface area contributed by atoms with E-state index in [0.717, 1.165) is 35.0 Å². The third kappa shape index (κ3) is 4.77. The van der Waals surface area contributed by atoms with Crippen molar-refractivity contribution in [3.05, 3.63) is 58.1 Å². The highest BCUT2D eigenvalue weighted by Crippen LogP contribution is 2.37. The molecule has 178 valence electrons. The molecule has 0 spiro atoms. The number of ether oxygens (including phenoxy) is 3. The first-order chi connectivity index (χ1) is 16.5. The Labute approximate surface area is 207 Å². The zero-order valence-corrected chi connectivity index (χ0v) is 20.7. The lowest BCUT2D eigenvalue weighted by Gasteiger charge is -2.30. The number of hydrogen-bond acceptors (Lipinski definition) is 7. The molecule has 0 aliphatic carbocycles. The second-order valence-electron chi connectivity index (χ2n) is 8.41. The van der Waals surface area contributed by atoms with Gasteiger partial charge in [0.1, 0.15) is 22.6 Å². The van der Waals surface area contributed by atoms with Crippen molar-refractivity contribution in [3.8, 4) is 22.1 Å². The van der Waals surface area contributed by atoms with Gasteiger partial charge in [-0.05, 0) is 31.3 Å². The Bertz CT molecular complexity index is 1180. The summed E-state index contributed by atoms with van der Waals surface area (Å²) in [7, 11) is 3.68. The number of rotatable bonds is 6. The van der Waals surface area contributed by atoms with Crippen LogP contribution in [-0.2, 0) is 11.2 Å². The van der Waals surface area contributed by atoms with E-state index in [-0.39, 0.29) is 12.0 Å².